The van der Waals surface area contributed by atoms with Crippen molar-refractivity contribution in [1.82, 2.24) is 4.57 Å². The molecule has 1 heterocycles. The molecule has 182 valence electrons. The summed E-state index contributed by atoms with van der Waals surface area (Å²) in [6, 6.07) is 20.3. The van der Waals surface area contributed by atoms with Crippen LogP contribution in [0.5, 0.6) is 5.75 Å². The molecule has 1 amide bonds. The van der Waals surface area contributed by atoms with Crippen LogP contribution in [0.2, 0.25) is 0 Å². The quantitative estimate of drug-likeness (QED) is 0.275. The molecule has 0 saturated heterocycles. The number of amides is 1. The fraction of sp³-hybridized carbons (Fsp3) is 0.107. The molecule has 1 aromatic heterocycles. The largest absolute Gasteiger partial charge is 0.497 e. The maximum Gasteiger partial charge on any atom is 0.416 e. The van der Waals surface area contributed by atoms with Gasteiger partial charge in [0.15, 0.2) is 0 Å². The lowest BCUT2D eigenvalue weighted by atomic mass is 10.0. The highest BCUT2D eigenvalue weighted by molar-refractivity contribution is 6.18. The monoisotopic (exact) mass is 492 g/mol. The highest BCUT2D eigenvalue weighted by Gasteiger charge is 2.31. The number of hydrogen-bond acceptors (Lipinski definition) is 2. The zero-order valence-corrected chi connectivity index (χ0v) is 19.1. The number of benzene rings is 4. The van der Waals surface area contributed by atoms with E-state index >= 15 is 0 Å². The van der Waals surface area contributed by atoms with Crippen molar-refractivity contribution >= 4 is 27.7 Å². The number of aromatic nitrogens is 1. The van der Waals surface area contributed by atoms with Crippen molar-refractivity contribution < 1.29 is 27.1 Å². The fourth-order valence-electron chi connectivity index (χ4n) is 4.53. The molecular weight excluding hydrogens is 472 g/mol. The van der Waals surface area contributed by atoms with E-state index in [-0.39, 0.29) is 17.7 Å². The third-order valence-electron chi connectivity index (χ3n) is 6.28. The van der Waals surface area contributed by atoms with Gasteiger partial charge in [0.25, 0.3) is 0 Å². The van der Waals surface area contributed by atoms with Crippen molar-refractivity contribution in [2.24, 2.45) is 5.73 Å². The molecule has 0 aliphatic rings. The topological polar surface area (TPSA) is 57.2 Å². The van der Waals surface area contributed by atoms with E-state index in [2.05, 4.69) is 0 Å². The summed E-state index contributed by atoms with van der Waals surface area (Å²) in [6.07, 6.45) is -4.61. The molecular formula is C28H20F4N2O2. The van der Waals surface area contributed by atoms with Crippen LogP contribution < -0.4 is 10.5 Å². The lowest BCUT2D eigenvalue weighted by Gasteiger charge is -2.13. The van der Waals surface area contributed by atoms with Gasteiger partial charge in [-0.1, -0.05) is 30.3 Å². The van der Waals surface area contributed by atoms with E-state index in [0.29, 0.717) is 27.6 Å². The molecule has 8 heteroatoms. The first-order chi connectivity index (χ1) is 17.2. The van der Waals surface area contributed by atoms with Gasteiger partial charge in [-0.05, 0) is 59.7 Å². The molecule has 36 heavy (non-hydrogen) atoms. The average Bonchev–Trinajstić information content (AvgIpc) is 3.17. The van der Waals surface area contributed by atoms with Gasteiger partial charge in [-0.3, -0.25) is 4.79 Å². The first-order valence-corrected chi connectivity index (χ1v) is 11.0. The lowest BCUT2D eigenvalue weighted by molar-refractivity contribution is -0.137. The number of ether oxygens (including phenoxy) is 1. The van der Waals surface area contributed by atoms with Gasteiger partial charge < -0.3 is 15.0 Å². The molecule has 4 nitrogen and oxygen atoms in total. The SMILES string of the molecule is COc1ccc(-c2ccc3c4c(C(N)=O)cccc4n(Cc4cc(C(F)(F)F)ccc4F)c3c2)cc1. The molecule has 0 fully saturated rings. The standard InChI is InChI=1S/C28H20F4N2O2/c1-36-20-9-5-16(6-10-20)17-7-11-21-25(14-17)34(24-4-2-3-22(26(21)24)27(33)35)15-18-13-19(28(30,31)32)8-12-23(18)29/h2-14H,15H2,1H3,(H2,33,35). The average molecular weight is 492 g/mol. The molecule has 2 N–H and O–H groups in total. The van der Waals surface area contributed by atoms with Crippen molar-refractivity contribution in [3.63, 3.8) is 0 Å². The zero-order chi connectivity index (χ0) is 25.6. The Bertz CT molecular complexity index is 1620. The van der Waals surface area contributed by atoms with Crippen molar-refractivity contribution in [2.75, 3.05) is 7.11 Å². The normalized spacial score (nSPS) is 11.8. The number of nitrogens with zero attached hydrogens (tertiary/aromatic N) is 1. The zero-order valence-electron chi connectivity index (χ0n) is 19.1. The summed E-state index contributed by atoms with van der Waals surface area (Å²) in [7, 11) is 1.57. The first-order valence-electron chi connectivity index (χ1n) is 11.0. The second-order valence-electron chi connectivity index (χ2n) is 8.41. The molecule has 0 spiro atoms. The maximum absolute atomic E-state index is 14.7. The van der Waals surface area contributed by atoms with Crippen LogP contribution in [0.15, 0.2) is 78.9 Å². The van der Waals surface area contributed by atoms with Gasteiger partial charge in [-0.2, -0.15) is 13.2 Å². The summed E-state index contributed by atoms with van der Waals surface area (Å²) < 4.78 is 61.6. The Balaban J connectivity index is 1.76. The van der Waals surface area contributed by atoms with Crippen molar-refractivity contribution in [3.05, 3.63) is 101 Å². The summed E-state index contributed by atoms with van der Waals surface area (Å²) in [5.74, 6) is -0.695. The van der Waals surface area contributed by atoms with Crippen LogP contribution in [-0.2, 0) is 12.7 Å². The Kier molecular flexibility index (Phi) is 5.67. The molecule has 5 rings (SSSR count). The molecule has 0 aliphatic heterocycles. The molecule has 5 aromatic rings. The minimum atomic E-state index is -4.61. The number of carbonyl (C=O) groups excluding carboxylic acids is 1. The number of carbonyl (C=O) groups is 1. The second-order valence-corrected chi connectivity index (χ2v) is 8.41. The van der Waals surface area contributed by atoms with Crippen LogP contribution in [0.3, 0.4) is 0 Å². The Morgan fingerprint density at radius 3 is 2.31 bits per heavy atom. The van der Waals surface area contributed by atoms with E-state index in [4.69, 9.17) is 10.5 Å². The van der Waals surface area contributed by atoms with Gasteiger partial charge >= 0.3 is 6.18 Å². The van der Waals surface area contributed by atoms with Crippen LogP contribution in [0.1, 0.15) is 21.5 Å². The van der Waals surface area contributed by atoms with E-state index in [1.54, 1.807) is 29.9 Å². The lowest BCUT2D eigenvalue weighted by Crippen LogP contribution is -2.11. The number of rotatable bonds is 5. The fourth-order valence-corrected chi connectivity index (χ4v) is 4.53. The molecule has 0 atom stereocenters. The minimum absolute atomic E-state index is 0.122. The van der Waals surface area contributed by atoms with Gasteiger partial charge in [-0.15, -0.1) is 0 Å². The van der Waals surface area contributed by atoms with Crippen LogP contribution in [0.25, 0.3) is 32.9 Å². The summed E-state index contributed by atoms with van der Waals surface area (Å²) >= 11 is 0. The number of methoxy groups -OCH3 is 1. The summed E-state index contributed by atoms with van der Waals surface area (Å²) in [5, 5.41) is 1.25. The number of hydrogen-bond donors (Lipinski definition) is 1. The molecule has 0 bridgehead atoms. The Labute approximate surface area is 203 Å². The van der Waals surface area contributed by atoms with E-state index in [0.717, 1.165) is 29.3 Å². The molecule has 4 aromatic carbocycles. The number of halogens is 4. The smallest absolute Gasteiger partial charge is 0.416 e. The van der Waals surface area contributed by atoms with Gasteiger partial charge in [0.1, 0.15) is 11.6 Å². The molecule has 0 saturated carbocycles. The van der Waals surface area contributed by atoms with E-state index in [9.17, 15) is 22.4 Å². The first kappa shape index (κ1) is 23.4. The van der Waals surface area contributed by atoms with Crippen LogP contribution in [0, 0.1) is 5.82 Å². The van der Waals surface area contributed by atoms with Gasteiger partial charge in [0.2, 0.25) is 5.91 Å². The maximum atomic E-state index is 14.7. The number of alkyl halides is 3. The summed E-state index contributed by atoms with van der Waals surface area (Å²) in [4.78, 5) is 12.2. The molecule has 0 aliphatic carbocycles. The minimum Gasteiger partial charge on any atom is -0.497 e. The van der Waals surface area contributed by atoms with E-state index in [1.807, 2.05) is 42.5 Å². The Morgan fingerprint density at radius 1 is 0.917 bits per heavy atom. The van der Waals surface area contributed by atoms with Crippen LogP contribution in [0.4, 0.5) is 17.6 Å². The van der Waals surface area contributed by atoms with E-state index < -0.39 is 23.5 Å². The van der Waals surface area contributed by atoms with Crippen molar-refractivity contribution in [3.8, 4) is 16.9 Å². The van der Waals surface area contributed by atoms with Crippen molar-refractivity contribution in [1.29, 1.82) is 0 Å². The number of nitrogens with two attached hydrogens (primary N) is 1. The third-order valence-corrected chi connectivity index (χ3v) is 6.28. The van der Waals surface area contributed by atoms with E-state index in [1.165, 1.54) is 0 Å². The predicted molar refractivity (Wildman–Crippen MR) is 130 cm³/mol. The van der Waals surface area contributed by atoms with Crippen LogP contribution in [-0.4, -0.2) is 17.6 Å². The Hall–Kier alpha value is -4.33. The van der Waals surface area contributed by atoms with Gasteiger partial charge in [-0.25, -0.2) is 4.39 Å². The molecule has 0 radical (unpaired) electrons. The highest BCUT2D eigenvalue weighted by atomic mass is 19.4. The van der Waals surface area contributed by atoms with Crippen LogP contribution >= 0.6 is 0 Å². The highest BCUT2D eigenvalue weighted by Crippen LogP contribution is 2.36. The Morgan fingerprint density at radius 2 is 1.64 bits per heavy atom. The predicted octanol–water partition coefficient (Wildman–Crippen LogP) is 6.78. The third kappa shape index (κ3) is 4.04. The van der Waals surface area contributed by atoms with Crippen molar-refractivity contribution in [2.45, 2.75) is 12.7 Å². The molecule has 0 unspecified atom stereocenters. The second kappa shape index (κ2) is 8.71. The van der Waals surface area contributed by atoms with Gasteiger partial charge in [0.05, 0.1) is 30.3 Å². The summed E-state index contributed by atoms with van der Waals surface area (Å²) in [6.45, 7) is -0.177. The number of fused-ring (bicyclic) bond motifs is 3. The summed E-state index contributed by atoms with van der Waals surface area (Å²) in [5.41, 5.74) is 7.75. The van der Waals surface area contributed by atoms with Gasteiger partial charge in [0, 0.05) is 21.9 Å². The number of primary amides is 1.